The van der Waals surface area contributed by atoms with E-state index in [1.54, 1.807) is 0 Å². The second-order valence-corrected chi connectivity index (χ2v) is 6.92. The van der Waals surface area contributed by atoms with E-state index in [-0.39, 0.29) is 36.6 Å². The Morgan fingerprint density at radius 3 is 1.09 bits per heavy atom. The first-order valence-electron chi connectivity index (χ1n) is 8.82. The van der Waals surface area contributed by atoms with E-state index in [0.717, 1.165) is 0 Å². The molecular weight excluding hydrogens is 296 g/mol. The highest BCUT2D eigenvalue weighted by molar-refractivity contribution is 4.62. The number of hydrogen-bond donors (Lipinski definition) is 0. The highest BCUT2D eigenvalue weighted by Gasteiger charge is 2.17. The Morgan fingerprint density at radius 2 is 0.826 bits per heavy atom. The average Bonchev–Trinajstić information content (AvgIpc) is 2.40. The van der Waals surface area contributed by atoms with Gasteiger partial charge in [-0.2, -0.15) is 0 Å². The molecule has 0 radical (unpaired) electrons. The SMILES string of the molecule is CC(C)OCC(COCC(COC(C)C)OC(C)C)OC(C)C. The van der Waals surface area contributed by atoms with Gasteiger partial charge < -0.3 is 23.7 Å². The first-order valence-corrected chi connectivity index (χ1v) is 8.82. The largest absolute Gasteiger partial charge is 0.376 e. The Morgan fingerprint density at radius 1 is 0.478 bits per heavy atom. The molecule has 0 aliphatic carbocycles. The van der Waals surface area contributed by atoms with Crippen LogP contribution < -0.4 is 0 Å². The van der Waals surface area contributed by atoms with Gasteiger partial charge in [-0.25, -0.2) is 0 Å². The molecule has 0 spiro atoms. The molecule has 0 saturated heterocycles. The van der Waals surface area contributed by atoms with E-state index in [1.807, 2.05) is 55.4 Å². The fourth-order valence-corrected chi connectivity index (χ4v) is 1.95. The van der Waals surface area contributed by atoms with Gasteiger partial charge in [0.15, 0.2) is 0 Å². The average molecular weight is 334 g/mol. The topological polar surface area (TPSA) is 46.2 Å². The quantitative estimate of drug-likeness (QED) is 0.487. The highest BCUT2D eigenvalue weighted by atomic mass is 16.6. The van der Waals surface area contributed by atoms with Crippen LogP contribution in [-0.4, -0.2) is 63.1 Å². The smallest absolute Gasteiger partial charge is 0.104 e. The predicted molar refractivity (Wildman–Crippen MR) is 93.0 cm³/mol. The van der Waals surface area contributed by atoms with E-state index in [4.69, 9.17) is 23.7 Å². The molecule has 140 valence electrons. The number of rotatable bonds is 14. The first-order chi connectivity index (χ1) is 10.7. The van der Waals surface area contributed by atoms with Crippen molar-refractivity contribution in [2.75, 3.05) is 26.4 Å². The Bertz CT molecular complexity index is 240. The van der Waals surface area contributed by atoms with Crippen LogP contribution in [-0.2, 0) is 23.7 Å². The van der Waals surface area contributed by atoms with Gasteiger partial charge in [0.1, 0.15) is 12.2 Å². The fourth-order valence-electron chi connectivity index (χ4n) is 1.95. The lowest BCUT2D eigenvalue weighted by atomic mass is 10.3. The minimum atomic E-state index is -0.0666. The summed E-state index contributed by atoms with van der Waals surface area (Å²) in [5.41, 5.74) is 0. The third-order valence-electron chi connectivity index (χ3n) is 2.77. The molecule has 0 aliphatic heterocycles. The van der Waals surface area contributed by atoms with Crippen LogP contribution in [0.25, 0.3) is 0 Å². The van der Waals surface area contributed by atoms with Gasteiger partial charge in [0.25, 0.3) is 0 Å². The summed E-state index contributed by atoms with van der Waals surface area (Å²) in [6.45, 7) is 18.2. The molecule has 0 aliphatic rings. The van der Waals surface area contributed by atoms with Gasteiger partial charge in [-0.1, -0.05) is 0 Å². The van der Waals surface area contributed by atoms with Crippen molar-refractivity contribution in [2.45, 2.75) is 92.0 Å². The van der Waals surface area contributed by atoms with Crippen molar-refractivity contribution in [1.29, 1.82) is 0 Å². The molecule has 0 saturated carbocycles. The molecular formula is C18H38O5. The molecule has 0 aromatic rings. The molecule has 0 aromatic carbocycles. The van der Waals surface area contributed by atoms with E-state index in [1.165, 1.54) is 0 Å². The third kappa shape index (κ3) is 15.1. The summed E-state index contributed by atoms with van der Waals surface area (Å²) in [7, 11) is 0. The molecule has 0 aromatic heterocycles. The molecule has 2 atom stereocenters. The van der Waals surface area contributed by atoms with Crippen molar-refractivity contribution >= 4 is 0 Å². The standard InChI is InChI=1S/C18H38O5/c1-13(2)20-11-17(22-15(5)6)9-19-10-18(23-16(7)8)12-21-14(3)4/h13-18H,9-12H2,1-8H3. The lowest BCUT2D eigenvalue weighted by Gasteiger charge is -2.25. The summed E-state index contributed by atoms with van der Waals surface area (Å²) < 4.78 is 28.8. The summed E-state index contributed by atoms with van der Waals surface area (Å²) in [6, 6.07) is 0. The van der Waals surface area contributed by atoms with Crippen molar-refractivity contribution in [3.8, 4) is 0 Å². The van der Waals surface area contributed by atoms with Crippen molar-refractivity contribution in [3.63, 3.8) is 0 Å². The molecule has 0 heterocycles. The molecule has 0 rings (SSSR count). The van der Waals surface area contributed by atoms with Crippen LogP contribution in [0.2, 0.25) is 0 Å². The molecule has 0 amide bonds. The molecule has 5 nitrogen and oxygen atoms in total. The summed E-state index contributed by atoms with van der Waals surface area (Å²) >= 11 is 0. The Kier molecular flexibility index (Phi) is 13.0. The van der Waals surface area contributed by atoms with Crippen LogP contribution in [0.5, 0.6) is 0 Å². The third-order valence-corrected chi connectivity index (χ3v) is 2.77. The summed E-state index contributed by atoms with van der Waals surface area (Å²) in [4.78, 5) is 0. The van der Waals surface area contributed by atoms with Crippen molar-refractivity contribution in [1.82, 2.24) is 0 Å². The molecule has 23 heavy (non-hydrogen) atoms. The van der Waals surface area contributed by atoms with Gasteiger partial charge in [-0.15, -0.1) is 0 Å². The van der Waals surface area contributed by atoms with Crippen molar-refractivity contribution < 1.29 is 23.7 Å². The van der Waals surface area contributed by atoms with Crippen molar-refractivity contribution in [2.24, 2.45) is 0 Å². The lowest BCUT2D eigenvalue weighted by Crippen LogP contribution is -2.34. The monoisotopic (exact) mass is 334 g/mol. The Labute approximate surface area is 143 Å². The predicted octanol–water partition coefficient (Wildman–Crippen LogP) is 3.44. The van der Waals surface area contributed by atoms with Crippen LogP contribution in [0.15, 0.2) is 0 Å². The zero-order chi connectivity index (χ0) is 17.8. The van der Waals surface area contributed by atoms with Crippen LogP contribution in [0.3, 0.4) is 0 Å². The fraction of sp³-hybridized carbons (Fsp3) is 1.00. The van der Waals surface area contributed by atoms with E-state index in [0.29, 0.717) is 26.4 Å². The van der Waals surface area contributed by atoms with Crippen LogP contribution in [0.4, 0.5) is 0 Å². The van der Waals surface area contributed by atoms with E-state index >= 15 is 0 Å². The normalized spacial score (nSPS) is 15.1. The van der Waals surface area contributed by atoms with E-state index < -0.39 is 0 Å². The van der Waals surface area contributed by atoms with Crippen LogP contribution in [0.1, 0.15) is 55.4 Å². The maximum atomic E-state index is 5.84. The maximum absolute atomic E-state index is 5.84. The molecule has 0 N–H and O–H groups in total. The Hall–Kier alpha value is -0.200. The van der Waals surface area contributed by atoms with Gasteiger partial charge in [0.2, 0.25) is 0 Å². The summed E-state index contributed by atoms with van der Waals surface area (Å²) in [5.74, 6) is 0. The highest BCUT2D eigenvalue weighted by Crippen LogP contribution is 2.06. The van der Waals surface area contributed by atoms with Crippen LogP contribution >= 0.6 is 0 Å². The van der Waals surface area contributed by atoms with Gasteiger partial charge in [-0.3, -0.25) is 0 Å². The lowest BCUT2D eigenvalue weighted by molar-refractivity contribution is -0.122. The molecule has 0 bridgehead atoms. The van der Waals surface area contributed by atoms with Gasteiger partial charge in [-0.05, 0) is 55.4 Å². The van der Waals surface area contributed by atoms with Crippen molar-refractivity contribution in [3.05, 3.63) is 0 Å². The zero-order valence-electron chi connectivity index (χ0n) is 16.3. The number of hydrogen-bond acceptors (Lipinski definition) is 5. The van der Waals surface area contributed by atoms with Gasteiger partial charge in [0, 0.05) is 0 Å². The first kappa shape index (κ1) is 22.8. The maximum Gasteiger partial charge on any atom is 0.104 e. The van der Waals surface area contributed by atoms with E-state index in [9.17, 15) is 0 Å². The minimum Gasteiger partial charge on any atom is -0.376 e. The van der Waals surface area contributed by atoms with Gasteiger partial charge in [0.05, 0.1) is 50.8 Å². The zero-order valence-corrected chi connectivity index (χ0v) is 16.3. The van der Waals surface area contributed by atoms with Gasteiger partial charge >= 0.3 is 0 Å². The summed E-state index contributed by atoms with van der Waals surface area (Å²) in [5, 5.41) is 0. The number of ether oxygens (including phenoxy) is 5. The second kappa shape index (κ2) is 13.1. The van der Waals surface area contributed by atoms with E-state index in [2.05, 4.69) is 0 Å². The molecule has 0 fully saturated rings. The summed E-state index contributed by atoms with van der Waals surface area (Å²) in [6.07, 6.45) is 0.526. The molecule has 5 heteroatoms. The Balaban J connectivity index is 4.25. The second-order valence-electron chi connectivity index (χ2n) is 6.92. The molecule has 2 unspecified atom stereocenters. The minimum absolute atomic E-state index is 0.0666. The van der Waals surface area contributed by atoms with Crippen LogP contribution in [0, 0.1) is 0 Å².